The molecule has 150 valence electrons. The minimum Gasteiger partial charge on any atom is -0.356 e. The Labute approximate surface area is 167 Å². The van der Waals surface area contributed by atoms with E-state index < -0.39 is 11.7 Å². The van der Waals surface area contributed by atoms with Gasteiger partial charge in [-0.25, -0.2) is 4.39 Å². The first kappa shape index (κ1) is 20.3. The Morgan fingerprint density at radius 1 is 1.14 bits per heavy atom. The molecule has 1 aromatic carbocycles. The van der Waals surface area contributed by atoms with Crippen molar-refractivity contribution in [2.75, 3.05) is 13.1 Å². The molecule has 1 aromatic heterocycles. The highest BCUT2D eigenvalue weighted by molar-refractivity contribution is 6.33. The predicted octanol–water partition coefficient (Wildman–Crippen LogP) is 2.28. The zero-order valence-electron chi connectivity index (χ0n) is 15.5. The van der Waals surface area contributed by atoms with Crippen molar-refractivity contribution in [1.82, 2.24) is 25.4 Å². The summed E-state index contributed by atoms with van der Waals surface area (Å²) < 4.78 is 15.2. The number of fused-ring (bicyclic) bond motifs is 1. The Bertz CT molecular complexity index is 855. The fraction of sp³-hybridized carbons (Fsp3) is 0.474. The zero-order valence-corrected chi connectivity index (χ0v) is 16.3. The van der Waals surface area contributed by atoms with E-state index in [1.807, 2.05) is 0 Å². The first-order chi connectivity index (χ1) is 13.5. The van der Waals surface area contributed by atoms with Crippen LogP contribution in [0.3, 0.4) is 0 Å². The van der Waals surface area contributed by atoms with Crippen molar-refractivity contribution in [3.8, 4) is 0 Å². The molecule has 7 nitrogen and oxygen atoms in total. The molecule has 2 amide bonds. The van der Waals surface area contributed by atoms with E-state index in [0.29, 0.717) is 13.0 Å². The monoisotopic (exact) mass is 407 g/mol. The van der Waals surface area contributed by atoms with Crippen LogP contribution in [-0.4, -0.2) is 39.7 Å². The molecule has 3 rings (SSSR count). The molecule has 2 heterocycles. The van der Waals surface area contributed by atoms with E-state index in [-0.39, 0.29) is 29.5 Å². The van der Waals surface area contributed by atoms with Crippen LogP contribution in [0.2, 0.25) is 5.02 Å². The van der Waals surface area contributed by atoms with Crippen LogP contribution in [-0.2, 0) is 24.2 Å². The Kier molecular flexibility index (Phi) is 6.97. The second kappa shape index (κ2) is 9.64. The van der Waals surface area contributed by atoms with Crippen molar-refractivity contribution in [1.29, 1.82) is 0 Å². The van der Waals surface area contributed by atoms with Crippen LogP contribution in [0.4, 0.5) is 4.39 Å². The van der Waals surface area contributed by atoms with Gasteiger partial charge in [-0.3, -0.25) is 9.59 Å². The lowest BCUT2D eigenvalue weighted by atomic mass is 10.2. The van der Waals surface area contributed by atoms with Crippen LogP contribution in [0.25, 0.3) is 0 Å². The van der Waals surface area contributed by atoms with Gasteiger partial charge in [-0.15, -0.1) is 10.2 Å². The van der Waals surface area contributed by atoms with Gasteiger partial charge in [0.1, 0.15) is 17.5 Å². The van der Waals surface area contributed by atoms with E-state index in [9.17, 15) is 14.0 Å². The number of amides is 2. The molecule has 0 saturated heterocycles. The molecule has 9 heteroatoms. The average molecular weight is 408 g/mol. The van der Waals surface area contributed by atoms with Gasteiger partial charge in [0.25, 0.3) is 5.91 Å². The Balaban J connectivity index is 1.38. The van der Waals surface area contributed by atoms with Crippen molar-refractivity contribution < 1.29 is 14.0 Å². The minimum atomic E-state index is -0.509. The molecule has 0 unspecified atom stereocenters. The number of nitrogens with one attached hydrogen (secondary N) is 2. The number of nitrogens with zero attached hydrogens (tertiary/aromatic N) is 3. The largest absolute Gasteiger partial charge is 0.356 e. The molecular weight excluding hydrogens is 385 g/mol. The number of rotatable bonds is 7. The second-order valence-corrected chi connectivity index (χ2v) is 7.13. The number of halogens is 2. The predicted molar refractivity (Wildman–Crippen MR) is 103 cm³/mol. The maximum Gasteiger partial charge on any atom is 0.252 e. The molecule has 0 fully saturated rings. The van der Waals surface area contributed by atoms with E-state index in [4.69, 9.17) is 11.6 Å². The van der Waals surface area contributed by atoms with Gasteiger partial charge in [-0.1, -0.05) is 18.0 Å². The van der Waals surface area contributed by atoms with Crippen molar-refractivity contribution in [3.05, 3.63) is 46.3 Å². The summed E-state index contributed by atoms with van der Waals surface area (Å²) in [6, 6.07) is 3.56. The average Bonchev–Trinajstić information content (AvgIpc) is 2.88. The van der Waals surface area contributed by atoms with Gasteiger partial charge in [0.2, 0.25) is 5.91 Å². The van der Waals surface area contributed by atoms with Gasteiger partial charge in [0.15, 0.2) is 0 Å². The molecule has 0 radical (unpaired) electrons. The summed E-state index contributed by atoms with van der Waals surface area (Å²) in [7, 11) is 0. The maximum absolute atomic E-state index is 13.0. The van der Waals surface area contributed by atoms with Crippen molar-refractivity contribution in [3.63, 3.8) is 0 Å². The number of aryl methyl sites for hydroxylation is 1. The van der Waals surface area contributed by atoms with Crippen LogP contribution < -0.4 is 10.6 Å². The summed E-state index contributed by atoms with van der Waals surface area (Å²) in [5.74, 6) is 0.813. The lowest BCUT2D eigenvalue weighted by Gasteiger charge is -2.09. The molecule has 0 bridgehead atoms. The third-order valence-electron chi connectivity index (χ3n) is 4.67. The fourth-order valence-electron chi connectivity index (χ4n) is 3.19. The Morgan fingerprint density at radius 2 is 2.00 bits per heavy atom. The summed E-state index contributed by atoms with van der Waals surface area (Å²) in [4.78, 5) is 24.0. The summed E-state index contributed by atoms with van der Waals surface area (Å²) in [5.41, 5.74) is 0.177. The minimum absolute atomic E-state index is 0.0365. The maximum atomic E-state index is 13.0. The highest BCUT2D eigenvalue weighted by Crippen LogP contribution is 2.17. The first-order valence-electron chi connectivity index (χ1n) is 9.45. The van der Waals surface area contributed by atoms with Crippen LogP contribution in [0.15, 0.2) is 18.2 Å². The molecule has 0 saturated carbocycles. The molecule has 28 heavy (non-hydrogen) atoms. The molecule has 0 atom stereocenters. The van der Waals surface area contributed by atoms with E-state index >= 15 is 0 Å². The van der Waals surface area contributed by atoms with Crippen molar-refractivity contribution in [2.24, 2.45) is 0 Å². The highest BCUT2D eigenvalue weighted by Gasteiger charge is 2.15. The van der Waals surface area contributed by atoms with Crippen LogP contribution in [0.1, 0.15) is 47.7 Å². The molecule has 0 aliphatic carbocycles. The van der Waals surface area contributed by atoms with E-state index in [1.54, 1.807) is 0 Å². The fourth-order valence-corrected chi connectivity index (χ4v) is 3.44. The molecule has 0 spiro atoms. The topological polar surface area (TPSA) is 88.9 Å². The molecule has 1 aliphatic rings. The summed E-state index contributed by atoms with van der Waals surface area (Å²) in [6.07, 6.45) is 5.19. The number of carbonyl (C=O) groups excluding carboxylic acids is 2. The lowest BCUT2D eigenvalue weighted by molar-refractivity contribution is -0.120. The van der Waals surface area contributed by atoms with Gasteiger partial charge in [0, 0.05) is 38.9 Å². The van der Waals surface area contributed by atoms with Gasteiger partial charge in [-0.05, 0) is 31.0 Å². The van der Waals surface area contributed by atoms with Crippen LogP contribution in [0.5, 0.6) is 0 Å². The molecular formula is C19H23ClFN5O2. The lowest BCUT2D eigenvalue weighted by Crippen LogP contribution is -2.32. The Hall–Kier alpha value is -2.48. The summed E-state index contributed by atoms with van der Waals surface area (Å²) >= 11 is 5.85. The third kappa shape index (κ3) is 5.28. The normalized spacial score (nSPS) is 13.5. The zero-order chi connectivity index (χ0) is 19.9. The van der Waals surface area contributed by atoms with Crippen LogP contribution in [0, 0.1) is 5.82 Å². The number of carbonyl (C=O) groups is 2. The van der Waals surface area contributed by atoms with Crippen LogP contribution >= 0.6 is 11.6 Å². The molecule has 2 aromatic rings. The smallest absolute Gasteiger partial charge is 0.252 e. The summed E-state index contributed by atoms with van der Waals surface area (Å²) in [6.45, 7) is 1.57. The third-order valence-corrected chi connectivity index (χ3v) is 4.98. The molecule has 2 N–H and O–H groups in total. The Morgan fingerprint density at radius 3 is 2.82 bits per heavy atom. The first-order valence-corrected chi connectivity index (χ1v) is 9.83. The quantitative estimate of drug-likeness (QED) is 0.736. The van der Waals surface area contributed by atoms with Crippen molar-refractivity contribution in [2.45, 2.75) is 45.1 Å². The van der Waals surface area contributed by atoms with Gasteiger partial charge >= 0.3 is 0 Å². The van der Waals surface area contributed by atoms with Gasteiger partial charge in [0.05, 0.1) is 10.6 Å². The second-order valence-electron chi connectivity index (χ2n) is 6.72. The van der Waals surface area contributed by atoms with Gasteiger partial charge in [-0.2, -0.15) is 0 Å². The van der Waals surface area contributed by atoms with Gasteiger partial charge < -0.3 is 15.2 Å². The van der Waals surface area contributed by atoms with E-state index in [0.717, 1.165) is 43.5 Å². The number of benzene rings is 1. The van der Waals surface area contributed by atoms with E-state index in [2.05, 4.69) is 25.4 Å². The number of hydrogen-bond donors (Lipinski definition) is 2. The number of aromatic nitrogens is 3. The SMILES string of the molecule is O=C(CCNC(=O)c1ccc(F)cc1Cl)NCCc1nnc2n1CCCCC2. The highest BCUT2D eigenvalue weighted by atomic mass is 35.5. The molecule has 1 aliphatic heterocycles. The number of hydrogen-bond acceptors (Lipinski definition) is 4. The van der Waals surface area contributed by atoms with Crippen molar-refractivity contribution >= 4 is 23.4 Å². The summed E-state index contributed by atoms with van der Waals surface area (Å²) in [5, 5.41) is 14.0. The standard InChI is InChI=1S/C19H23ClFN5O2/c20-15-12-13(21)5-6-14(15)19(28)23-10-8-18(27)22-9-7-17-25-24-16-4-2-1-3-11-26(16)17/h5-6,12H,1-4,7-11H2,(H,22,27)(H,23,28). The van der Waals surface area contributed by atoms with E-state index in [1.165, 1.54) is 18.6 Å².